The van der Waals surface area contributed by atoms with Crippen LogP contribution in [-0.2, 0) is 0 Å². The first-order chi connectivity index (χ1) is 6.74. The van der Waals surface area contributed by atoms with Gasteiger partial charge in [0.25, 0.3) is 0 Å². The van der Waals surface area contributed by atoms with Crippen LogP contribution in [0.3, 0.4) is 0 Å². The summed E-state index contributed by atoms with van der Waals surface area (Å²) in [6.07, 6.45) is 1.78. The van der Waals surface area contributed by atoms with Crippen molar-refractivity contribution in [3.05, 3.63) is 21.9 Å². The van der Waals surface area contributed by atoms with Crippen LogP contribution < -0.4 is 10.7 Å². The largest absolute Gasteiger partial charge is 0.362 e. The quantitative estimate of drug-likeness (QED) is 0.470. The summed E-state index contributed by atoms with van der Waals surface area (Å²) in [5.41, 5.74) is 3.98. The van der Waals surface area contributed by atoms with Gasteiger partial charge in [-0.2, -0.15) is 5.10 Å². The number of nitrogens with one attached hydrogen (secondary N) is 2. The second-order valence-corrected chi connectivity index (χ2v) is 4.05. The van der Waals surface area contributed by atoms with E-state index >= 15 is 0 Å². The molecule has 0 bridgehead atoms. The van der Waals surface area contributed by atoms with Crippen molar-refractivity contribution in [1.82, 2.24) is 10.7 Å². The predicted molar refractivity (Wildman–Crippen MR) is 66.1 cm³/mol. The normalized spacial score (nSPS) is 10.4. The SMILES string of the molecule is CCNC(=S)N/N=C\c1sccc1C. The maximum absolute atomic E-state index is 4.95. The monoisotopic (exact) mass is 227 g/mol. The molecule has 0 atom stereocenters. The number of nitrogens with zero attached hydrogens (tertiary/aromatic N) is 1. The number of rotatable bonds is 3. The summed E-state index contributed by atoms with van der Waals surface area (Å²) in [4.78, 5) is 1.15. The zero-order valence-corrected chi connectivity index (χ0v) is 9.84. The average molecular weight is 227 g/mol. The Morgan fingerprint density at radius 1 is 1.71 bits per heavy atom. The first kappa shape index (κ1) is 11.1. The molecule has 1 heterocycles. The minimum atomic E-state index is 0.554. The van der Waals surface area contributed by atoms with E-state index in [0.717, 1.165) is 11.4 Å². The molecule has 1 aromatic heterocycles. The van der Waals surface area contributed by atoms with Crippen LogP contribution in [-0.4, -0.2) is 17.9 Å². The topological polar surface area (TPSA) is 36.4 Å². The lowest BCUT2D eigenvalue weighted by Crippen LogP contribution is -2.31. The standard InChI is InChI=1S/C9H13N3S2/c1-3-10-9(13)12-11-6-8-7(2)4-5-14-8/h4-6H,3H2,1-2H3,(H2,10,12,13)/b11-6-. The van der Waals surface area contributed by atoms with Crippen molar-refractivity contribution in [2.24, 2.45) is 5.10 Å². The summed E-state index contributed by atoms with van der Waals surface area (Å²) in [6.45, 7) is 4.85. The molecule has 0 radical (unpaired) electrons. The zero-order valence-electron chi connectivity index (χ0n) is 8.20. The summed E-state index contributed by atoms with van der Waals surface area (Å²) in [5, 5.41) is 9.57. The van der Waals surface area contributed by atoms with Crippen molar-refractivity contribution in [2.75, 3.05) is 6.54 Å². The highest BCUT2D eigenvalue weighted by Gasteiger charge is 1.94. The van der Waals surface area contributed by atoms with Crippen LogP contribution in [0.4, 0.5) is 0 Å². The second-order valence-electron chi connectivity index (χ2n) is 2.70. The summed E-state index contributed by atoms with van der Waals surface area (Å²) in [7, 11) is 0. The lowest BCUT2D eigenvalue weighted by molar-refractivity contribution is 0.904. The molecule has 0 aliphatic rings. The number of aryl methyl sites for hydroxylation is 1. The molecule has 0 fully saturated rings. The van der Waals surface area contributed by atoms with E-state index in [-0.39, 0.29) is 0 Å². The molecule has 1 rings (SSSR count). The van der Waals surface area contributed by atoms with Gasteiger partial charge in [0, 0.05) is 11.4 Å². The van der Waals surface area contributed by atoms with E-state index in [1.165, 1.54) is 5.56 Å². The first-order valence-electron chi connectivity index (χ1n) is 4.35. The Balaban J connectivity index is 2.42. The molecule has 1 aromatic rings. The fourth-order valence-electron chi connectivity index (χ4n) is 0.866. The van der Waals surface area contributed by atoms with Crippen LogP contribution in [0, 0.1) is 6.92 Å². The van der Waals surface area contributed by atoms with E-state index in [1.807, 2.05) is 12.3 Å². The van der Waals surface area contributed by atoms with Crippen LogP contribution in [0.15, 0.2) is 16.5 Å². The summed E-state index contributed by atoms with van der Waals surface area (Å²) >= 11 is 6.61. The molecule has 0 spiro atoms. The van der Waals surface area contributed by atoms with E-state index in [9.17, 15) is 0 Å². The molecule has 14 heavy (non-hydrogen) atoms. The Kier molecular flexibility index (Phi) is 4.55. The van der Waals surface area contributed by atoms with Crippen molar-refractivity contribution < 1.29 is 0 Å². The molecule has 0 amide bonds. The van der Waals surface area contributed by atoms with Crippen LogP contribution in [0.5, 0.6) is 0 Å². The minimum Gasteiger partial charge on any atom is -0.362 e. The molecular weight excluding hydrogens is 214 g/mol. The molecule has 2 N–H and O–H groups in total. The summed E-state index contributed by atoms with van der Waals surface area (Å²) < 4.78 is 0. The van der Waals surface area contributed by atoms with Crippen LogP contribution in [0.25, 0.3) is 0 Å². The molecule has 0 aromatic carbocycles. The number of hydrogen-bond donors (Lipinski definition) is 2. The smallest absolute Gasteiger partial charge is 0.186 e. The van der Waals surface area contributed by atoms with Gasteiger partial charge in [0.2, 0.25) is 0 Å². The van der Waals surface area contributed by atoms with E-state index in [0.29, 0.717) is 5.11 Å². The van der Waals surface area contributed by atoms with E-state index in [4.69, 9.17) is 12.2 Å². The number of thiocarbonyl (C=S) groups is 1. The fraction of sp³-hybridized carbons (Fsp3) is 0.333. The molecule has 0 unspecified atom stereocenters. The molecule has 0 aliphatic carbocycles. The molecule has 0 aliphatic heterocycles. The Morgan fingerprint density at radius 3 is 3.07 bits per heavy atom. The Labute approximate surface area is 93.2 Å². The number of hydrazone groups is 1. The third kappa shape index (κ3) is 3.43. The molecule has 0 saturated carbocycles. The lowest BCUT2D eigenvalue weighted by atomic mass is 10.3. The van der Waals surface area contributed by atoms with Gasteiger partial charge < -0.3 is 5.32 Å². The lowest BCUT2D eigenvalue weighted by Gasteiger charge is -2.02. The van der Waals surface area contributed by atoms with Crippen molar-refractivity contribution in [1.29, 1.82) is 0 Å². The van der Waals surface area contributed by atoms with Gasteiger partial charge in [0.1, 0.15) is 0 Å². The Hall–Kier alpha value is -0.940. The zero-order chi connectivity index (χ0) is 10.4. The fourth-order valence-corrected chi connectivity index (χ4v) is 1.85. The van der Waals surface area contributed by atoms with Gasteiger partial charge >= 0.3 is 0 Å². The molecular formula is C9H13N3S2. The molecule has 3 nitrogen and oxygen atoms in total. The van der Waals surface area contributed by atoms with Crippen molar-refractivity contribution >= 4 is 34.9 Å². The van der Waals surface area contributed by atoms with Gasteiger partial charge in [0.05, 0.1) is 6.21 Å². The Bertz CT molecular complexity index is 331. The number of thiophene rings is 1. The molecule has 0 saturated heterocycles. The van der Waals surface area contributed by atoms with E-state index in [1.54, 1.807) is 17.6 Å². The van der Waals surface area contributed by atoms with Gasteiger partial charge in [-0.15, -0.1) is 11.3 Å². The molecule has 5 heteroatoms. The van der Waals surface area contributed by atoms with Crippen molar-refractivity contribution in [2.45, 2.75) is 13.8 Å². The number of hydrogen-bond acceptors (Lipinski definition) is 3. The summed E-state index contributed by atoms with van der Waals surface area (Å²) in [5.74, 6) is 0. The molecule has 76 valence electrons. The Morgan fingerprint density at radius 2 is 2.50 bits per heavy atom. The summed E-state index contributed by atoms with van der Waals surface area (Å²) in [6, 6.07) is 2.06. The van der Waals surface area contributed by atoms with Gasteiger partial charge in [-0.3, -0.25) is 5.43 Å². The van der Waals surface area contributed by atoms with Crippen molar-refractivity contribution in [3.63, 3.8) is 0 Å². The maximum atomic E-state index is 4.95. The van der Waals surface area contributed by atoms with Crippen LogP contribution >= 0.6 is 23.6 Å². The van der Waals surface area contributed by atoms with Crippen LogP contribution in [0.2, 0.25) is 0 Å². The second kappa shape index (κ2) is 5.72. The first-order valence-corrected chi connectivity index (χ1v) is 5.64. The predicted octanol–water partition coefficient (Wildman–Crippen LogP) is 1.87. The van der Waals surface area contributed by atoms with Gasteiger partial charge in [-0.25, -0.2) is 0 Å². The highest BCUT2D eigenvalue weighted by molar-refractivity contribution is 7.80. The van der Waals surface area contributed by atoms with Gasteiger partial charge in [-0.1, -0.05) is 0 Å². The third-order valence-electron chi connectivity index (χ3n) is 1.59. The van der Waals surface area contributed by atoms with Gasteiger partial charge in [0.15, 0.2) is 5.11 Å². The minimum absolute atomic E-state index is 0.554. The van der Waals surface area contributed by atoms with E-state index < -0.39 is 0 Å². The highest BCUT2D eigenvalue weighted by Crippen LogP contribution is 2.12. The average Bonchev–Trinajstić information content (AvgIpc) is 2.52. The van der Waals surface area contributed by atoms with E-state index in [2.05, 4.69) is 28.8 Å². The maximum Gasteiger partial charge on any atom is 0.186 e. The highest BCUT2D eigenvalue weighted by atomic mass is 32.1. The van der Waals surface area contributed by atoms with Gasteiger partial charge in [-0.05, 0) is 43.1 Å². The third-order valence-corrected chi connectivity index (χ3v) is 2.78. The van der Waals surface area contributed by atoms with Crippen LogP contribution in [0.1, 0.15) is 17.4 Å². The van der Waals surface area contributed by atoms with Crippen molar-refractivity contribution in [3.8, 4) is 0 Å².